The second-order valence-electron chi connectivity index (χ2n) is 6.43. The van der Waals surface area contributed by atoms with Crippen LogP contribution in [0.25, 0.3) is 11.5 Å². The zero-order chi connectivity index (χ0) is 17.4. The summed E-state index contributed by atoms with van der Waals surface area (Å²) in [5, 5.41) is 7.75. The van der Waals surface area contributed by atoms with E-state index < -0.39 is 0 Å². The molecule has 1 atom stereocenters. The fourth-order valence-electron chi connectivity index (χ4n) is 3.18. The molecule has 130 valence electrons. The van der Waals surface area contributed by atoms with E-state index in [0.717, 1.165) is 24.1 Å². The van der Waals surface area contributed by atoms with Gasteiger partial charge in [-0.05, 0) is 38.3 Å². The summed E-state index contributed by atoms with van der Waals surface area (Å²) in [4.78, 5) is 22.1. The Bertz CT molecular complexity index is 894. The summed E-state index contributed by atoms with van der Waals surface area (Å²) < 4.78 is 10.5. The van der Waals surface area contributed by atoms with Crippen LogP contribution in [-0.4, -0.2) is 44.2 Å². The zero-order valence-corrected chi connectivity index (χ0v) is 14.2. The summed E-state index contributed by atoms with van der Waals surface area (Å²) in [6, 6.07) is 1.97. The predicted octanol–water partition coefficient (Wildman–Crippen LogP) is 2.69. The first-order chi connectivity index (χ1) is 12.1. The predicted molar refractivity (Wildman–Crippen MR) is 87.9 cm³/mol. The third kappa shape index (κ3) is 2.95. The first-order valence-electron chi connectivity index (χ1n) is 8.31. The second-order valence-corrected chi connectivity index (χ2v) is 6.43. The summed E-state index contributed by atoms with van der Waals surface area (Å²) in [6.45, 7) is 4.99. The van der Waals surface area contributed by atoms with Gasteiger partial charge in [0.1, 0.15) is 11.3 Å². The summed E-state index contributed by atoms with van der Waals surface area (Å²) in [5.74, 6) is 1.62. The van der Waals surface area contributed by atoms with Crippen molar-refractivity contribution in [2.75, 3.05) is 13.1 Å². The van der Waals surface area contributed by atoms with Crippen molar-refractivity contribution in [3.63, 3.8) is 0 Å². The molecule has 1 aliphatic rings. The van der Waals surface area contributed by atoms with Gasteiger partial charge in [-0.3, -0.25) is 4.79 Å². The highest BCUT2D eigenvalue weighted by Crippen LogP contribution is 2.28. The number of hydrogen-bond acceptors (Lipinski definition) is 6. The molecular formula is C17H19N5O3. The minimum absolute atomic E-state index is 0.0372. The number of nitrogens with zero attached hydrogens (tertiary/aromatic N) is 4. The highest BCUT2D eigenvalue weighted by atomic mass is 16.5. The molecule has 0 unspecified atom stereocenters. The number of aromatic amines is 1. The Kier molecular flexibility index (Phi) is 3.87. The summed E-state index contributed by atoms with van der Waals surface area (Å²) in [6.07, 6.45) is 5.17. The van der Waals surface area contributed by atoms with Crippen LogP contribution >= 0.6 is 0 Å². The molecule has 0 aliphatic carbocycles. The van der Waals surface area contributed by atoms with Gasteiger partial charge in [0, 0.05) is 19.3 Å². The number of piperidine rings is 1. The zero-order valence-electron chi connectivity index (χ0n) is 14.2. The van der Waals surface area contributed by atoms with Gasteiger partial charge in [-0.15, -0.1) is 0 Å². The number of carbonyl (C=O) groups excluding carboxylic acids is 1. The molecule has 0 spiro atoms. The molecule has 1 saturated heterocycles. The lowest BCUT2D eigenvalue weighted by Crippen LogP contribution is -2.39. The van der Waals surface area contributed by atoms with E-state index in [9.17, 15) is 4.79 Å². The molecule has 1 fully saturated rings. The molecule has 8 nitrogen and oxygen atoms in total. The lowest BCUT2D eigenvalue weighted by atomic mass is 9.97. The number of aromatic nitrogens is 4. The Labute approximate surface area is 144 Å². The van der Waals surface area contributed by atoms with Gasteiger partial charge in [0.25, 0.3) is 5.91 Å². The monoisotopic (exact) mass is 341 g/mol. The molecule has 1 aliphatic heterocycles. The molecule has 0 bridgehead atoms. The molecule has 0 aromatic carbocycles. The number of aryl methyl sites for hydroxylation is 2. The van der Waals surface area contributed by atoms with Crippen LogP contribution in [0.1, 0.15) is 46.3 Å². The van der Waals surface area contributed by atoms with Crippen molar-refractivity contribution in [3.05, 3.63) is 41.2 Å². The molecular weight excluding hydrogens is 322 g/mol. The summed E-state index contributed by atoms with van der Waals surface area (Å²) in [7, 11) is 0. The van der Waals surface area contributed by atoms with Crippen LogP contribution in [0.15, 0.2) is 27.5 Å². The van der Waals surface area contributed by atoms with Gasteiger partial charge >= 0.3 is 0 Å². The van der Waals surface area contributed by atoms with E-state index in [2.05, 4.69) is 20.3 Å². The van der Waals surface area contributed by atoms with Crippen molar-refractivity contribution in [2.45, 2.75) is 32.6 Å². The molecule has 25 heavy (non-hydrogen) atoms. The first-order valence-corrected chi connectivity index (χ1v) is 8.31. The first kappa shape index (κ1) is 15.6. The molecule has 1 amide bonds. The maximum atomic E-state index is 12.6. The van der Waals surface area contributed by atoms with Crippen molar-refractivity contribution >= 4 is 5.91 Å². The molecule has 0 saturated carbocycles. The standard InChI is InChI=1S/C17H19N5O3/c1-10-6-14(18-7-10)15-20-16(25-21-15)12-4-3-5-22(9-12)17(23)13-8-19-24-11(13)2/h6-8,12,18H,3-5,9H2,1-2H3/t12-/m0/s1. The largest absolute Gasteiger partial charge is 0.361 e. The molecule has 8 heteroatoms. The number of carbonyl (C=O) groups is 1. The third-order valence-corrected chi connectivity index (χ3v) is 4.55. The van der Waals surface area contributed by atoms with E-state index in [0.29, 0.717) is 36.1 Å². The number of nitrogens with one attached hydrogen (secondary N) is 1. The smallest absolute Gasteiger partial charge is 0.259 e. The van der Waals surface area contributed by atoms with Crippen LogP contribution in [0, 0.1) is 13.8 Å². The van der Waals surface area contributed by atoms with Crippen molar-refractivity contribution in [2.24, 2.45) is 0 Å². The summed E-state index contributed by atoms with van der Waals surface area (Å²) in [5.41, 5.74) is 2.45. The van der Waals surface area contributed by atoms with Crippen LogP contribution in [-0.2, 0) is 0 Å². The van der Waals surface area contributed by atoms with Crippen molar-refractivity contribution < 1.29 is 13.8 Å². The van der Waals surface area contributed by atoms with E-state index >= 15 is 0 Å². The molecule has 3 aromatic rings. The third-order valence-electron chi connectivity index (χ3n) is 4.55. The number of hydrogen-bond donors (Lipinski definition) is 1. The summed E-state index contributed by atoms with van der Waals surface area (Å²) >= 11 is 0. The van der Waals surface area contributed by atoms with Gasteiger partial charge in [0.15, 0.2) is 0 Å². The van der Waals surface area contributed by atoms with E-state index in [1.165, 1.54) is 6.20 Å². The van der Waals surface area contributed by atoms with Crippen LogP contribution in [0.5, 0.6) is 0 Å². The highest BCUT2D eigenvalue weighted by molar-refractivity contribution is 5.94. The van der Waals surface area contributed by atoms with Gasteiger partial charge in [-0.2, -0.15) is 4.98 Å². The maximum Gasteiger partial charge on any atom is 0.259 e. The van der Waals surface area contributed by atoms with Crippen molar-refractivity contribution in [3.8, 4) is 11.5 Å². The minimum atomic E-state index is -0.0665. The molecule has 3 aromatic heterocycles. The fraction of sp³-hybridized carbons (Fsp3) is 0.412. The number of amides is 1. The van der Waals surface area contributed by atoms with Gasteiger partial charge < -0.3 is 18.9 Å². The van der Waals surface area contributed by atoms with Crippen LogP contribution < -0.4 is 0 Å². The molecule has 0 radical (unpaired) electrons. The van der Waals surface area contributed by atoms with E-state index in [4.69, 9.17) is 9.05 Å². The van der Waals surface area contributed by atoms with Crippen molar-refractivity contribution in [1.29, 1.82) is 0 Å². The quantitative estimate of drug-likeness (QED) is 0.786. The van der Waals surface area contributed by atoms with Crippen molar-refractivity contribution in [1.82, 2.24) is 25.2 Å². The lowest BCUT2D eigenvalue weighted by molar-refractivity contribution is 0.0694. The van der Waals surface area contributed by atoms with Gasteiger partial charge in [-0.25, -0.2) is 0 Å². The van der Waals surface area contributed by atoms with Crippen LogP contribution in [0.2, 0.25) is 0 Å². The molecule has 4 rings (SSSR count). The average molecular weight is 341 g/mol. The second kappa shape index (κ2) is 6.19. The average Bonchev–Trinajstić information content (AvgIpc) is 3.35. The topological polar surface area (TPSA) is 101 Å². The SMILES string of the molecule is Cc1c[nH]c(-c2noc([C@H]3CCCN(C(=O)c4cnoc4C)C3)n2)c1. The number of rotatable bonds is 3. The van der Waals surface area contributed by atoms with Crippen LogP contribution in [0.3, 0.4) is 0 Å². The minimum Gasteiger partial charge on any atom is -0.361 e. The Morgan fingerprint density at radius 3 is 2.96 bits per heavy atom. The van der Waals surface area contributed by atoms with Gasteiger partial charge in [-0.1, -0.05) is 10.3 Å². The van der Waals surface area contributed by atoms with Gasteiger partial charge in [0.2, 0.25) is 11.7 Å². The number of H-pyrrole nitrogens is 1. The Morgan fingerprint density at radius 2 is 2.24 bits per heavy atom. The van der Waals surface area contributed by atoms with E-state index in [-0.39, 0.29) is 11.8 Å². The number of likely N-dealkylation sites (tertiary alicyclic amines) is 1. The Balaban J connectivity index is 1.51. The highest BCUT2D eigenvalue weighted by Gasteiger charge is 2.30. The lowest BCUT2D eigenvalue weighted by Gasteiger charge is -2.30. The Morgan fingerprint density at radius 1 is 1.36 bits per heavy atom. The van der Waals surface area contributed by atoms with Crippen LogP contribution in [0.4, 0.5) is 0 Å². The molecule has 1 N–H and O–H groups in total. The molecule has 4 heterocycles. The van der Waals surface area contributed by atoms with Gasteiger partial charge in [0.05, 0.1) is 17.8 Å². The van der Waals surface area contributed by atoms with E-state index in [1.54, 1.807) is 11.8 Å². The van der Waals surface area contributed by atoms with E-state index in [1.807, 2.05) is 19.2 Å². The fourth-order valence-corrected chi connectivity index (χ4v) is 3.18. The Hall–Kier alpha value is -2.90. The normalized spacial score (nSPS) is 17.8. The maximum absolute atomic E-state index is 12.6.